The maximum absolute atomic E-state index is 11.8. The number of nitrogens with zero attached hydrogens (tertiary/aromatic N) is 1. The van der Waals surface area contributed by atoms with E-state index in [0.29, 0.717) is 18.2 Å². The van der Waals surface area contributed by atoms with Crippen molar-refractivity contribution in [2.24, 2.45) is 5.92 Å². The van der Waals surface area contributed by atoms with Crippen LogP contribution in [0.3, 0.4) is 0 Å². The Labute approximate surface area is 94.9 Å². The van der Waals surface area contributed by atoms with Gasteiger partial charge in [0, 0.05) is 13.2 Å². The highest BCUT2D eigenvalue weighted by Crippen LogP contribution is 2.16. The summed E-state index contributed by atoms with van der Waals surface area (Å²) >= 11 is 0. The number of furan rings is 1. The van der Waals surface area contributed by atoms with Gasteiger partial charge in [0.1, 0.15) is 0 Å². The van der Waals surface area contributed by atoms with Gasteiger partial charge in [0.05, 0.1) is 12.8 Å². The lowest BCUT2D eigenvalue weighted by molar-refractivity contribution is 0.0809. The Morgan fingerprint density at radius 2 is 2.50 bits per heavy atom. The average Bonchev–Trinajstić information content (AvgIpc) is 2.83. The second-order valence-corrected chi connectivity index (χ2v) is 4.33. The number of aliphatic hydroxyl groups is 1. The van der Waals surface area contributed by atoms with Crippen molar-refractivity contribution in [2.75, 3.05) is 26.2 Å². The van der Waals surface area contributed by atoms with Gasteiger partial charge in [0.15, 0.2) is 5.76 Å². The van der Waals surface area contributed by atoms with Crippen LogP contribution in [-0.4, -0.2) is 42.0 Å². The molecule has 0 aliphatic carbocycles. The maximum Gasteiger partial charge on any atom is 0.211 e. The summed E-state index contributed by atoms with van der Waals surface area (Å²) in [6.07, 6.45) is 3.62. The summed E-state index contributed by atoms with van der Waals surface area (Å²) in [6, 6.07) is 3.41. The number of Topliss-reactive ketones (excluding diaryl/α,β-unsaturated/α-hetero) is 1. The van der Waals surface area contributed by atoms with Crippen LogP contribution in [0.15, 0.2) is 22.8 Å². The number of hydrogen-bond acceptors (Lipinski definition) is 4. The average molecular weight is 223 g/mol. The molecule has 1 N–H and O–H groups in total. The summed E-state index contributed by atoms with van der Waals surface area (Å²) in [5.74, 6) is 0.757. The van der Waals surface area contributed by atoms with Gasteiger partial charge in [-0.3, -0.25) is 9.69 Å². The Kier molecular flexibility index (Phi) is 3.74. The number of rotatable bonds is 4. The first-order valence-electron chi connectivity index (χ1n) is 5.69. The zero-order chi connectivity index (χ0) is 11.4. The molecule has 0 amide bonds. The van der Waals surface area contributed by atoms with E-state index in [0.717, 1.165) is 25.9 Å². The van der Waals surface area contributed by atoms with Crippen LogP contribution < -0.4 is 0 Å². The summed E-state index contributed by atoms with van der Waals surface area (Å²) < 4.78 is 5.06. The van der Waals surface area contributed by atoms with E-state index >= 15 is 0 Å². The highest BCUT2D eigenvalue weighted by molar-refractivity contribution is 5.94. The van der Waals surface area contributed by atoms with Gasteiger partial charge >= 0.3 is 0 Å². The van der Waals surface area contributed by atoms with Crippen molar-refractivity contribution in [2.45, 2.75) is 12.8 Å². The molecule has 88 valence electrons. The van der Waals surface area contributed by atoms with Crippen molar-refractivity contribution in [3.05, 3.63) is 24.2 Å². The largest absolute Gasteiger partial charge is 0.461 e. The second kappa shape index (κ2) is 5.27. The van der Waals surface area contributed by atoms with Gasteiger partial charge in [-0.05, 0) is 37.4 Å². The van der Waals surface area contributed by atoms with Crippen molar-refractivity contribution in [1.82, 2.24) is 4.90 Å². The Morgan fingerprint density at radius 1 is 1.62 bits per heavy atom. The lowest BCUT2D eigenvalue weighted by atomic mass is 9.99. The van der Waals surface area contributed by atoms with Gasteiger partial charge < -0.3 is 9.52 Å². The first-order valence-corrected chi connectivity index (χ1v) is 5.69. The minimum absolute atomic E-state index is 0.0172. The lowest BCUT2D eigenvalue weighted by Crippen LogP contribution is -2.39. The molecule has 0 bridgehead atoms. The first-order chi connectivity index (χ1) is 7.79. The molecule has 1 atom stereocenters. The van der Waals surface area contributed by atoms with Gasteiger partial charge in [0.2, 0.25) is 5.78 Å². The van der Waals surface area contributed by atoms with Crippen LogP contribution in [0, 0.1) is 5.92 Å². The second-order valence-electron chi connectivity index (χ2n) is 4.33. The molecule has 4 heteroatoms. The molecule has 2 rings (SSSR count). The predicted octanol–water partition coefficient (Wildman–Crippen LogP) is 1.17. The molecule has 1 aromatic rings. The zero-order valence-electron chi connectivity index (χ0n) is 9.26. The molecule has 2 heterocycles. The third-order valence-corrected chi connectivity index (χ3v) is 3.02. The minimum Gasteiger partial charge on any atom is -0.461 e. The predicted molar refractivity (Wildman–Crippen MR) is 59.3 cm³/mol. The minimum atomic E-state index is 0.0172. The van der Waals surface area contributed by atoms with E-state index in [1.807, 2.05) is 0 Å². The van der Waals surface area contributed by atoms with E-state index in [-0.39, 0.29) is 12.4 Å². The third kappa shape index (κ3) is 2.71. The molecule has 1 saturated heterocycles. The normalized spacial score (nSPS) is 22.2. The topological polar surface area (TPSA) is 53.7 Å². The standard InChI is InChI=1S/C12H17NO3/c14-9-10-3-1-5-13(7-10)8-11(15)12-4-2-6-16-12/h2,4,6,10,14H,1,3,5,7-9H2. The number of aliphatic hydroxyl groups excluding tert-OH is 1. The van der Waals surface area contributed by atoms with Crippen LogP contribution in [0.2, 0.25) is 0 Å². The maximum atomic E-state index is 11.8. The number of ketones is 1. The summed E-state index contributed by atoms with van der Waals surface area (Å²) in [5, 5.41) is 9.10. The summed E-state index contributed by atoms with van der Waals surface area (Å²) in [4.78, 5) is 13.9. The molecular weight excluding hydrogens is 206 g/mol. The Hall–Kier alpha value is -1.13. The summed E-state index contributed by atoms with van der Waals surface area (Å²) in [5.41, 5.74) is 0. The molecule has 0 radical (unpaired) electrons. The van der Waals surface area contributed by atoms with Crippen molar-refractivity contribution in [3.8, 4) is 0 Å². The van der Waals surface area contributed by atoms with Crippen molar-refractivity contribution < 1.29 is 14.3 Å². The molecular formula is C12H17NO3. The van der Waals surface area contributed by atoms with Crippen LogP contribution in [0.4, 0.5) is 0 Å². The molecule has 0 spiro atoms. The first kappa shape index (κ1) is 11.4. The highest BCUT2D eigenvalue weighted by atomic mass is 16.3. The molecule has 4 nitrogen and oxygen atoms in total. The highest BCUT2D eigenvalue weighted by Gasteiger charge is 2.22. The third-order valence-electron chi connectivity index (χ3n) is 3.02. The molecule has 0 saturated carbocycles. The fraction of sp³-hybridized carbons (Fsp3) is 0.583. The number of likely N-dealkylation sites (tertiary alicyclic amines) is 1. The van der Waals surface area contributed by atoms with E-state index in [4.69, 9.17) is 9.52 Å². The van der Waals surface area contributed by atoms with E-state index < -0.39 is 0 Å². The molecule has 16 heavy (non-hydrogen) atoms. The van der Waals surface area contributed by atoms with Gasteiger partial charge in [0.25, 0.3) is 0 Å². The van der Waals surface area contributed by atoms with E-state index in [9.17, 15) is 4.79 Å². The summed E-state index contributed by atoms with van der Waals surface area (Å²) in [7, 11) is 0. The zero-order valence-corrected chi connectivity index (χ0v) is 9.26. The number of piperidine rings is 1. The van der Waals surface area contributed by atoms with Crippen LogP contribution in [-0.2, 0) is 0 Å². The van der Waals surface area contributed by atoms with Crippen LogP contribution in [0.5, 0.6) is 0 Å². The molecule has 1 fully saturated rings. The molecule has 1 aliphatic heterocycles. The van der Waals surface area contributed by atoms with E-state index in [2.05, 4.69) is 4.90 Å². The Balaban J connectivity index is 1.87. The van der Waals surface area contributed by atoms with Gasteiger partial charge in [-0.15, -0.1) is 0 Å². The Bertz CT molecular complexity index is 334. The van der Waals surface area contributed by atoms with Gasteiger partial charge in [-0.2, -0.15) is 0 Å². The van der Waals surface area contributed by atoms with Gasteiger partial charge in [-0.25, -0.2) is 0 Å². The molecule has 1 aromatic heterocycles. The fourth-order valence-corrected chi connectivity index (χ4v) is 2.16. The quantitative estimate of drug-likeness (QED) is 0.778. The van der Waals surface area contributed by atoms with Crippen LogP contribution >= 0.6 is 0 Å². The number of carbonyl (C=O) groups is 1. The monoisotopic (exact) mass is 223 g/mol. The smallest absolute Gasteiger partial charge is 0.211 e. The van der Waals surface area contributed by atoms with Crippen molar-refractivity contribution in [1.29, 1.82) is 0 Å². The van der Waals surface area contributed by atoms with Crippen molar-refractivity contribution >= 4 is 5.78 Å². The molecule has 1 unspecified atom stereocenters. The van der Waals surface area contributed by atoms with Crippen LogP contribution in [0.1, 0.15) is 23.4 Å². The number of hydrogen-bond donors (Lipinski definition) is 1. The Morgan fingerprint density at radius 3 is 3.19 bits per heavy atom. The molecule has 0 aromatic carbocycles. The van der Waals surface area contributed by atoms with E-state index in [1.54, 1.807) is 12.1 Å². The number of carbonyl (C=O) groups excluding carboxylic acids is 1. The molecule has 1 aliphatic rings. The van der Waals surface area contributed by atoms with E-state index in [1.165, 1.54) is 6.26 Å². The lowest BCUT2D eigenvalue weighted by Gasteiger charge is -2.30. The SMILES string of the molecule is O=C(CN1CCCC(CO)C1)c1ccco1. The fourth-order valence-electron chi connectivity index (χ4n) is 2.16. The van der Waals surface area contributed by atoms with Crippen LogP contribution in [0.25, 0.3) is 0 Å². The van der Waals surface area contributed by atoms with Gasteiger partial charge in [-0.1, -0.05) is 0 Å². The summed E-state index contributed by atoms with van der Waals surface area (Å²) in [6.45, 7) is 2.35. The van der Waals surface area contributed by atoms with Crippen molar-refractivity contribution in [3.63, 3.8) is 0 Å².